The van der Waals surface area contributed by atoms with Gasteiger partial charge in [0.25, 0.3) is 0 Å². The van der Waals surface area contributed by atoms with E-state index in [1.165, 1.54) is 0 Å². The molecule has 0 N–H and O–H groups in total. The van der Waals surface area contributed by atoms with Gasteiger partial charge in [-0.05, 0) is 0 Å². The first-order valence-electron chi connectivity index (χ1n) is 1.70. The summed E-state index contributed by atoms with van der Waals surface area (Å²) in [5.41, 5.74) is 0. The summed E-state index contributed by atoms with van der Waals surface area (Å²) in [5, 5.41) is 0. The molecule has 0 amide bonds. The Morgan fingerprint density at radius 2 is 1.17 bits per heavy atom. The van der Waals surface area contributed by atoms with Crippen LogP contribution < -0.4 is 29.6 Å². The van der Waals surface area contributed by atoms with Gasteiger partial charge in [0.15, 0.2) is 0 Å². The largest absolute Gasteiger partial charge is 1.00 e. The smallest absolute Gasteiger partial charge is 0.797 e. The molecule has 0 fully saturated rings. The van der Waals surface area contributed by atoms with Crippen molar-refractivity contribution in [3.05, 3.63) is 0 Å². The maximum absolute atomic E-state index is 4.97. The van der Waals surface area contributed by atoms with Crippen molar-refractivity contribution in [3.8, 4) is 0 Å². The van der Waals surface area contributed by atoms with Crippen molar-refractivity contribution < 1.29 is 29.6 Å². The summed E-state index contributed by atoms with van der Waals surface area (Å²) < 4.78 is 0. The molecule has 0 spiro atoms. The van der Waals surface area contributed by atoms with Crippen LogP contribution >= 0.6 is 0 Å². The monoisotopic (exact) mass is 128 g/mol. The molecule has 0 saturated carbocycles. The van der Waals surface area contributed by atoms with Gasteiger partial charge in [-0.1, -0.05) is 26.9 Å². The molecule has 32 valence electrons. The van der Waals surface area contributed by atoms with Crippen molar-refractivity contribution in [2.24, 2.45) is 0 Å². The fourth-order valence-electron chi connectivity index (χ4n) is 0. The average molecular weight is 128 g/mol. The van der Waals surface area contributed by atoms with Crippen LogP contribution in [0.2, 0.25) is 19.6 Å². The van der Waals surface area contributed by atoms with Gasteiger partial charge in [-0.2, -0.15) is 0 Å². The SMILES string of the molecule is C[Si](C)(C)[S-].[Na+]. The Morgan fingerprint density at radius 1 is 1.17 bits per heavy atom. The van der Waals surface area contributed by atoms with Crippen molar-refractivity contribution in [2.75, 3.05) is 0 Å². The van der Waals surface area contributed by atoms with E-state index in [9.17, 15) is 0 Å². The molecule has 0 radical (unpaired) electrons. The Bertz CT molecular complexity index is 26.3. The van der Waals surface area contributed by atoms with E-state index in [4.69, 9.17) is 12.1 Å². The molecule has 0 aliphatic carbocycles. The van der Waals surface area contributed by atoms with Crippen LogP contribution in [-0.2, 0) is 12.1 Å². The summed E-state index contributed by atoms with van der Waals surface area (Å²) in [6.45, 7) is 6.42. The zero-order valence-electron chi connectivity index (χ0n) is 4.91. The van der Waals surface area contributed by atoms with Gasteiger partial charge in [-0.25, -0.2) is 0 Å². The topological polar surface area (TPSA) is 0 Å². The van der Waals surface area contributed by atoms with Crippen LogP contribution in [0, 0.1) is 0 Å². The molecule has 6 heavy (non-hydrogen) atoms. The molecule has 0 heterocycles. The third-order valence-corrected chi connectivity index (χ3v) is 0. The van der Waals surface area contributed by atoms with Gasteiger partial charge >= 0.3 is 29.6 Å². The Balaban J connectivity index is 0. The number of hydrogen-bond acceptors (Lipinski definition) is 1. The Labute approximate surface area is 68.1 Å². The summed E-state index contributed by atoms with van der Waals surface area (Å²) in [5.74, 6) is 0. The van der Waals surface area contributed by atoms with Crippen LogP contribution in [0.15, 0.2) is 0 Å². The van der Waals surface area contributed by atoms with Crippen molar-refractivity contribution >= 4 is 19.3 Å². The predicted octanol–water partition coefficient (Wildman–Crippen LogP) is -1.63. The molecule has 0 aliphatic heterocycles. The quantitative estimate of drug-likeness (QED) is 0.279. The van der Waals surface area contributed by atoms with Crippen molar-refractivity contribution in [3.63, 3.8) is 0 Å². The molecule has 0 unspecified atom stereocenters. The molecule has 3 heteroatoms. The van der Waals surface area contributed by atoms with E-state index in [0.29, 0.717) is 0 Å². The maximum Gasteiger partial charge on any atom is 1.00 e. The van der Waals surface area contributed by atoms with Crippen LogP contribution in [0.3, 0.4) is 0 Å². The van der Waals surface area contributed by atoms with E-state index in [-0.39, 0.29) is 29.6 Å². The van der Waals surface area contributed by atoms with E-state index < -0.39 is 7.22 Å². The molecule has 0 aliphatic rings. The first kappa shape index (κ1) is 10.5. The van der Waals surface area contributed by atoms with Crippen LogP contribution in [0.1, 0.15) is 0 Å². The Morgan fingerprint density at radius 3 is 1.17 bits per heavy atom. The number of rotatable bonds is 0. The summed E-state index contributed by atoms with van der Waals surface area (Å²) in [6.07, 6.45) is 0. The van der Waals surface area contributed by atoms with E-state index >= 15 is 0 Å². The zero-order chi connectivity index (χ0) is 4.50. The van der Waals surface area contributed by atoms with E-state index in [1.54, 1.807) is 0 Å². The molecule has 0 nitrogen and oxygen atoms in total. The summed E-state index contributed by atoms with van der Waals surface area (Å²) >= 11 is 4.97. The molecule has 0 atom stereocenters. The minimum absolute atomic E-state index is 0. The molecule has 0 saturated heterocycles. The van der Waals surface area contributed by atoms with E-state index in [1.807, 2.05) is 0 Å². The normalized spacial score (nSPS) is 10.0. The Hall–Kier alpha value is 1.57. The van der Waals surface area contributed by atoms with Crippen molar-refractivity contribution in [1.29, 1.82) is 0 Å². The summed E-state index contributed by atoms with van der Waals surface area (Å²) in [7, 11) is -1.03. The second-order valence-electron chi connectivity index (χ2n) is 2.11. The van der Waals surface area contributed by atoms with Gasteiger partial charge in [0.05, 0.1) is 0 Å². The van der Waals surface area contributed by atoms with Gasteiger partial charge in [0, 0.05) is 0 Å². The Kier molecular flexibility index (Phi) is 6.24. The van der Waals surface area contributed by atoms with Crippen LogP contribution in [0.25, 0.3) is 0 Å². The number of hydrogen-bond donors (Lipinski definition) is 0. The molecule has 0 aromatic heterocycles. The van der Waals surface area contributed by atoms with Gasteiger partial charge in [-0.15, -0.1) is 0 Å². The first-order valence-corrected chi connectivity index (χ1v) is 6.34. The third kappa shape index (κ3) is 47.3. The van der Waals surface area contributed by atoms with Gasteiger partial charge in [-0.3, -0.25) is 0 Å². The standard InChI is InChI=1S/C3H9SSi.Na/c1-5(2,3)4;/h1-3H3;/q-1;+1. The zero-order valence-corrected chi connectivity index (χ0v) is 8.72. The fourth-order valence-corrected chi connectivity index (χ4v) is 0. The fraction of sp³-hybridized carbons (Fsp3) is 1.00. The predicted molar refractivity (Wildman–Crippen MR) is 30.7 cm³/mol. The molecular weight excluding hydrogens is 119 g/mol. The van der Waals surface area contributed by atoms with Gasteiger partial charge < -0.3 is 12.1 Å². The first-order chi connectivity index (χ1) is 2.00. The van der Waals surface area contributed by atoms with E-state index in [2.05, 4.69) is 19.6 Å². The molecule has 0 bridgehead atoms. The van der Waals surface area contributed by atoms with Gasteiger partial charge in [0.2, 0.25) is 0 Å². The second kappa shape index (κ2) is 3.55. The second-order valence-corrected chi connectivity index (χ2v) is 10.0. The minimum Gasteiger partial charge on any atom is -0.797 e. The molecular formula is C3H9NaSSi. The van der Waals surface area contributed by atoms with Crippen molar-refractivity contribution in [2.45, 2.75) is 19.6 Å². The molecule has 0 aromatic carbocycles. The maximum atomic E-state index is 4.97. The molecule has 0 rings (SSSR count). The van der Waals surface area contributed by atoms with Crippen LogP contribution in [0.4, 0.5) is 0 Å². The average Bonchev–Trinajstić information content (AvgIpc) is 0.722. The summed E-state index contributed by atoms with van der Waals surface area (Å²) in [6, 6.07) is 0. The third-order valence-electron chi connectivity index (χ3n) is 0. The minimum atomic E-state index is -1.03. The van der Waals surface area contributed by atoms with E-state index in [0.717, 1.165) is 0 Å². The van der Waals surface area contributed by atoms with Crippen LogP contribution in [0.5, 0.6) is 0 Å². The van der Waals surface area contributed by atoms with Crippen molar-refractivity contribution in [1.82, 2.24) is 0 Å². The summed E-state index contributed by atoms with van der Waals surface area (Å²) in [4.78, 5) is 0. The molecule has 0 aromatic rings. The van der Waals surface area contributed by atoms with Crippen LogP contribution in [-0.4, -0.2) is 7.22 Å². The van der Waals surface area contributed by atoms with Gasteiger partial charge in [0.1, 0.15) is 0 Å².